The molecule has 0 aliphatic heterocycles. The molecule has 3 N–H and O–H groups in total. The highest BCUT2D eigenvalue weighted by Gasteiger charge is 2.56. The minimum Gasteiger partial charge on any atom is -0.396 e. The van der Waals surface area contributed by atoms with E-state index in [1.54, 1.807) is 6.07 Å². The monoisotopic (exact) mass is 443 g/mol. The number of aliphatic hydroxyl groups excluding tert-OH is 2. The third-order valence-electron chi connectivity index (χ3n) is 9.87. The fourth-order valence-electron chi connectivity index (χ4n) is 7.64. The summed E-state index contributed by atoms with van der Waals surface area (Å²) in [7, 11) is 0. The van der Waals surface area contributed by atoms with E-state index in [0.29, 0.717) is 30.7 Å². The first-order valence-corrected chi connectivity index (χ1v) is 12.6. The number of allylic oxidation sites excluding steroid dienone is 1. The third kappa shape index (κ3) is 4.19. The molecule has 32 heavy (non-hydrogen) atoms. The number of benzene rings is 1. The second kappa shape index (κ2) is 9.19. The molecule has 0 unspecified atom stereocenters. The van der Waals surface area contributed by atoms with E-state index in [-0.39, 0.29) is 35.3 Å². The summed E-state index contributed by atoms with van der Waals surface area (Å²) in [6.07, 6.45) is 6.80. The van der Waals surface area contributed by atoms with Crippen LogP contribution in [-0.2, 0) is 6.54 Å². The largest absolute Gasteiger partial charge is 0.396 e. The number of fused-ring (bicyclic) bond motifs is 1. The van der Waals surface area contributed by atoms with Crippen LogP contribution in [-0.4, -0.2) is 29.5 Å². The molecule has 3 nitrogen and oxygen atoms in total. The van der Waals surface area contributed by atoms with Gasteiger partial charge in [0.05, 0.1) is 6.10 Å². The van der Waals surface area contributed by atoms with Gasteiger partial charge in [-0.05, 0) is 105 Å². The number of hydrogen-bond donors (Lipinski definition) is 3. The van der Waals surface area contributed by atoms with Gasteiger partial charge >= 0.3 is 0 Å². The standard InChI is InChI=1S/C28H42FNO2/c1-18-5-7-20(26(29)13-18)15-30-16-23-24-8-6-19(2)27(24,3)12-10-25(23)28(4)11-9-22(32)14-21(28)17-31/h5,7,13,21-25,30-32H,2,6,8-12,14-17H2,1,3-4H3/t21-,22+,23+,24+,25+,27-,28+/m1/s1. The summed E-state index contributed by atoms with van der Waals surface area (Å²) in [6.45, 7) is 12.7. The minimum atomic E-state index is -0.290. The van der Waals surface area contributed by atoms with Gasteiger partial charge < -0.3 is 15.5 Å². The van der Waals surface area contributed by atoms with Crippen LogP contribution in [0.5, 0.6) is 0 Å². The van der Waals surface area contributed by atoms with Gasteiger partial charge in [-0.3, -0.25) is 0 Å². The summed E-state index contributed by atoms with van der Waals surface area (Å²) in [5.41, 5.74) is 3.29. The van der Waals surface area contributed by atoms with Gasteiger partial charge in [0, 0.05) is 18.7 Å². The highest BCUT2D eigenvalue weighted by molar-refractivity contribution is 5.24. The van der Waals surface area contributed by atoms with E-state index in [1.807, 2.05) is 19.1 Å². The lowest BCUT2D eigenvalue weighted by molar-refractivity contribution is -0.0933. The second-order valence-electron chi connectivity index (χ2n) is 11.5. The molecular weight excluding hydrogens is 401 g/mol. The third-order valence-corrected chi connectivity index (χ3v) is 9.87. The quantitative estimate of drug-likeness (QED) is 0.517. The van der Waals surface area contributed by atoms with Gasteiger partial charge in [-0.2, -0.15) is 0 Å². The van der Waals surface area contributed by atoms with Crippen LogP contribution >= 0.6 is 0 Å². The highest BCUT2D eigenvalue weighted by atomic mass is 19.1. The van der Waals surface area contributed by atoms with E-state index in [9.17, 15) is 14.6 Å². The summed E-state index contributed by atoms with van der Waals surface area (Å²) in [6, 6.07) is 5.48. The molecule has 0 saturated heterocycles. The maximum Gasteiger partial charge on any atom is 0.127 e. The van der Waals surface area contributed by atoms with Gasteiger partial charge in [0.1, 0.15) is 5.82 Å². The first kappa shape index (κ1) is 23.9. The number of nitrogens with one attached hydrogen (secondary N) is 1. The van der Waals surface area contributed by atoms with Crippen molar-refractivity contribution in [2.45, 2.75) is 78.4 Å². The Labute approximate surface area is 193 Å². The average Bonchev–Trinajstić information content (AvgIpc) is 3.06. The van der Waals surface area contributed by atoms with Crippen molar-refractivity contribution in [1.82, 2.24) is 5.32 Å². The maximum atomic E-state index is 14.4. The average molecular weight is 444 g/mol. The summed E-state index contributed by atoms with van der Waals surface area (Å²) in [5.74, 6) is 1.54. The summed E-state index contributed by atoms with van der Waals surface area (Å²) < 4.78 is 14.4. The van der Waals surface area contributed by atoms with Gasteiger partial charge in [0.25, 0.3) is 0 Å². The Morgan fingerprint density at radius 2 is 1.94 bits per heavy atom. The van der Waals surface area contributed by atoms with Crippen molar-refractivity contribution >= 4 is 0 Å². The zero-order valence-corrected chi connectivity index (χ0v) is 20.2. The molecule has 4 heteroatoms. The minimum absolute atomic E-state index is 0.0285. The van der Waals surface area contributed by atoms with Crippen LogP contribution in [0.3, 0.4) is 0 Å². The van der Waals surface area contributed by atoms with Crippen LogP contribution in [0.1, 0.15) is 69.9 Å². The molecule has 178 valence electrons. The van der Waals surface area contributed by atoms with E-state index in [1.165, 1.54) is 18.4 Å². The Balaban J connectivity index is 1.57. The van der Waals surface area contributed by atoms with Crippen molar-refractivity contribution in [1.29, 1.82) is 0 Å². The number of rotatable bonds is 6. The number of aryl methyl sites for hydroxylation is 1. The van der Waals surface area contributed by atoms with Gasteiger partial charge in [0.2, 0.25) is 0 Å². The number of halogens is 1. The molecule has 0 amide bonds. The van der Waals surface area contributed by atoms with Crippen molar-refractivity contribution in [2.24, 2.45) is 34.5 Å². The van der Waals surface area contributed by atoms with E-state index in [4.69, 9.17) is 0 Å². The zero-order chi connectivity index (χ0) is 23.1. The SMILES string of the molecule is C=C1CC[C@H]2[C@H](CNCc3ccc(C)cc3F)[C@@H]([C@@]3(C)CC[C@H](O)C[C@@H]3CO)CC[C@]12C. The molecule has 3 fully saturated rings. The Kier molecular flexibility index (Phi) is 6.87. The fraction of sp³-hybridized carbons (Fsp3) is 0.714. The normalized spacial score (nSPS) is 39.8. The van der Waals surface area contributed by atoms with Crippen LogP contribution in [0.15, 0.2) is 30.4 Å². The Hall–Kier alpha value is -1.23. The van der Waals surface area contributed by atoms with Crippen LogP contribution in [0.25, 0.3) is 0 Å². The second-order valence-corrected chi connectivity index (χ2v) is 11.5. The van der Waals surface area contributed by atoms with E-state index >= 15 is 0 Å². The highest BCUT2D eigenvalue weighted by Crippen LogP contribution is 2.63. The molecule has 4 rings (SSSR count). The van der Waals surface area contributed by atoms with Crippen molar-refractivity contribution in [3.8, 4) is 0 Å². The van der Waals surface area contributed by atoms with Gasteiger partial charge in [-0.25, -0.2) is 4.39 Å². The van der Waals surface area contributed by atoms with Gasteiger partial charge in [-0.1, -0.05) is 38.1 Å². The van der Waals surface area contributed by atoms with Gasteiger partial charge in [-0.15, -0.1) is 0 Å². The molecule has 0 spiro atoms. The lowest BCUT2D eigenvalue weighted by Crippen LogP contribution is -2.53. The van der Waals surface area contributed by atoms with Gasteiger partial charge in [0.15, 0.2) is 0 Å². The summed E-state index contributed by atoms with van der Waals surface area (Å²) in [5, 5.41) is 24.1. The molecule has 3 saturated carbocycles. The summed E-state index contributed by atoms with van der Waals surface area (Å²) in [4.78, 5) is 0. The molecule has 1 aromatic carbocycles. The van der Waals surface area contributed by atoms with Crippen molar-refractivity contribution < 1.29 is 14.6 Å². The van der Waals surface area contributed by atoms with Crippen molar-refractivity contribution in [3.63, 3.8) is 0 Å². The topological polar surface area (TPSA) is 52.5 Å². The fourth-order valence-corrected chi connectivity index (χ4v) is 7.64. The predicted molar refractivity (Wildman–Crippen MR) is 128 cm³/mol. The van der Waals surface area contributed by atoms with Crippen molar-refractivity contribution in [3.05, 3.63) is 47.3 Å². The summed E-state index contributed by atoms with van der Waals surface area (Å²) >= 11 is 0. The van der Waals surface area contributed by atoms with E-state index in [0.717, 1.165) is 43.4 Å². The van der Waals surface area contributed by atoms with Crippen LogP contribution in [0, 0.1) is 47.2 Å². The molecule has 0 bridgehead atoms. The number of hydrogen-bond acceptors (Lipinski definition) is 3. The molecule has 3 aliphatic carbocycles. The van der Waals surface area contributed by atoms with Crippen LogP contribution < -0.4 is 5.32 Å². The lowest BCUT2D eigenvalue weighted by atomic mass is 9.49. The predicted octanol–water partition coefficient (Wildman–Crippen LogP) is 5.38. The molecular formula is C28H42FNO2. The molecule has 3 aliphatic rings. The smallest absolute Gasteiger partial charge is 0.127 e. The molecule has 0 aromatic heterocycles. The maximum absolute atomic E-state index is 14.4. The first-order chi connectivity index (χ1) is 15.2. The Bertz CT molecular complexity index is 841. The molecule has 7 atom stereocenters. The van der Waals surface area contributed by atoms with Crippen molar-refractivity contribution in [2.75, 3.05) is 13.2 Å². The molecule has 0 radical (unpaired) electrons. The van der Waals surface area contributed by atoms with E-state index in [2.05, 4.69) is 25.7 Å². The van der Waals surface area contributed by atoms with Crippen LogP contribution in [0.2, 0.25) is 0 Å². The lowest BCUT2D eigenvalue weighted by Gasteiger charge is -2.56. The number of aliphatic hydroxyl groups is 2. The molecule has 0 heterocycles. The van der Waals surface area contributed by atoms with Crippen LogP contribution in [0.4, 0.5) is 4.39 Å². The molecule has 1 aromatic rings. The first-order valence-electron chi connectivity index (χ1n) is 12.6. The van der Waals surface area contributed by atoms with E-state index < -0.39 is 0 Å². The Morgan fingerprint density at radius 3 is 2.66 bits per heavy atom. The Morgan fingerprint density at radius 1 is 1.16 bits per heavy atom. The zero-order valence-electron chi connectivity index (χ0n) is 20.2.